The summed E-state index contributed by atoms with van der Waals surface area (Å²) in [4.78, 5) is 0. The molecule has 1 N–H and O–H groups in total. The molecule has 0 saturated heterocycles. The van der Waals surface area contributed by atoms with E-state index in [4.69, 9.17) is 16.3 Å². The van der Waals surface area contributed by atoms with Gasteiger partial charge in [-0.05, 0) is 31.5 Å². The maximum Gasteiger partial charge on any atom is 0.156 e. The summed E-state index contributed by atoms with van der Waals surface area (Å²) in [5.41, 5.74) is 0.920. The SMILES string of the molecule is CC=CCS(=O)(=O)CC(O)COC(C)c1ccc(Cl)cc1. The Kier molecular flexibility index (Phi) is 7.39. The van der Waals surface area contributed by atoms with Crippen LogP contribution in [-0.4, -0.2) is 37.7 Å². The molecule has 1 aromatic carbocycles. The lowest BCUT2D eigenvalue weighted by Gasteiger charge is -2.16. The average Bonchev–Trinajstić information content (AvgIpc) is 2.43. The summed E-state index contributed by atoms with van der Waals surface area (Å²) < 4.78 is 28.8. The summed E-state index contributed by atoms with van der Waals surface area (Å²) in [5.74, 6) is -0.363. The fourth-order valence-electron chi connectivity index (χ4n) is 1.74. The minimum atomic E-state index is -3.30. The Labute approximate surface area is 131 Å². The highest BCUT2D eigenvalue weighted by molar-refractivity contribution is 7.91. The van der Waals surface area contributed by atoms with Crippen molar-refractivity contribution in [2.45, 2.75) is 26.1 Å². The van der Waals surface area contributed by atoms with E-state index in [0.717, 1.165) is 5.56 Å². The molecule has 118 valence electrons. The van der Waals surface area contributed by atoms with E-state index in [1.807, 2.05) is 19.1 Å². The Morgan fingerprint density at radius 3 is 2.52 bits per heavy atom. The van der Waals surface area contributed by atoms with Crippen molar-refractivity contribution in [3.8, 4) is 0 Å². The highest BCUT2D eigenvalue weighted by Gasteiger charge is 2.17. The fraction of sp³-hybridized carbons (Fsp3) is 0.467. The number of aliphatic hydroxyl groups is 1. The van der Waals surface area contributed by atoms with Crippen LogP contribution in [0.4, 0.5) is 0 Å². The molecular weight excluding hydrogens is 312 g/mol. The molecule has 4 nitrogen and oxygen atoms in total. The van der Waals surface area contributed by atoms with Crippen LogP contribution in [0.3, 0.4) is 0 Å². The smallest absolute Gasteiger partial charge is 0.156 e. The molecule has 0 fully saturated rings. The number of rotatable bonds is 8. The van der Waals surface area contributed by atoms with Crippen LogP contribution in [0.2, 0.25) is 5.02 Å². The number of hydrogen-bond acceptors (Lipinski definition) is 4. The van der Waals surface area contributed by atoms with Gasteiger partial charge in [0.05, 0.1) is 30.3 Å². The van der Waals surface area contributed by atoms with E-state index in [2.05, 4.69) is 0 Å². The van der Waals surface area contributed by atoms with E-state index in [1.54, 1.807) is 31.2 Å². The molecule has 1 aromatic rings. The highest BCUT2D eigenvalue weighted by Crippen LogP contribution is 2.19. The highest BCUT2D eigenvalue weighted by atomic mass is 35.5. The first kappa shape index (κ1) is 18.2. The molecule has 1 rings (SSSR count). The number of ether oxygens (including phenoxy) is 1. The van der Waals surface area contributed by atoms with Crippen LogP contribution < -0.4 is 0 Å². The van der Waals surface area contributed by atoms with E-state index < -0.39 is 15.9 Å². The van der Waals surface area contributed by atoms with Crippen molar-refractivity contribution in [2.24, 2.45) is 0 Å². The second kappa shape index (κ2) is 8.54. The van der Waals surface area contributed by atoms with Crippen LogP contribution in [-0.2, 0) is 14.6 Å². The first-order valence-electron chi connectivity index (χ1n) is 6.71. The van der Waals surface area contributed by atoms with Gasteiger partial charge in [0.2, 0.25) is 0 Å². The Morgan fingerprint density at radius 2 is 1.95 bits per heavy atom. The zero-order chi connectivity index (χ0) is 15.9. The predicted octanol–water partition coefficient (Wildman–Crippen LogP) is 2.77. The Hall–Kier alpha value is -0.880. The van der Waals surface area contributed by atoms with E-state index in [0.29, 0.717) is 5.02 Å². The van der Waals surface area contributed by atoms with Gasteiger partial charge in [-0.1, -0.05) is 35.9 Å². The second-order valence-electron chi connectivity index (χ2n) is 4.83. The maximum absolute atomic E-state index is 11.7. The lowest BCUT2D eigenvalue weighted by atomic mass is 10.1. The van der Waals surface area contributed by atoms with Gasteiger partial charge in [-0.25, -0.2) is 8.42 Å². The molecule has 0 saturated carbocycles. The Morgan fingerprint density at radius 1 is 1.33 bits per heavy atom. The molecule has 0 heterocycles. The standard InChI is InChI=1S/C15H21ClO4S/c1-3-4-9-21(18,19)11-15(17)10-20-12(2)13-5-7-14(16)8-6-13/h3-8,12,15,17H,9-11H2,1-2H3. The van der Waals surface area contributed by atoms with Gasteiger partial charge >= 0.3 is 0 Å². The summed E-state index contributed by atoms with van der Waals surface area (Å²) in [7, 11) is -3.30. The Balaban J connectivity index is 2.45. The molecular formula is C15H21ClO4S. The monoisotopic (exact) mass is 332 g/mol. The molecule has 0 aliphatic heterocycles. The summed E-state index contributed by atoms with van der Waals surface area (Å²) >= 11 is 5.81. The Bertz CT molecular complexity index is 552. The van der Waals surface area contributed by atoms with E-state index in [1.165, 1.54) is 0 Å². The van der Waals surface area contributed by atoms with Crippen LogP contribution in [0.1, 0.15) is 25.5 Å². The van der Waals surface area contributed by atoms with E-state index in [9.17, 15) is 13.5 Å². The lowest BCUT2D eigenvalue weighted by Crippen LogP contribution is -2.27. The molecule has 0 aromatic heterocycles. The van der Waals surface area contributed by atoms with Crippen LogP contribution in [0.5, 0.6) is 0 Å². The molecule has 21 heavy (non-hydrogen) atoms. The van der Waals surface area contributed by atoms with Gasteiger partial charge in [-0.2, -0.15) is 0 Å². The van der Waals surface area contributed by atoms with Gasteiger partial charge < -0.3 is 9.84 Å². The van der Waals surface area contributed by atoms with Crippen molar-refractivity contribution in [1.29, 1.82) is 0 Å². The topological polar surface area (TPSA) is 63.6 Å². The second-order valence-corrected chi connectivity index (χ2v) is 7.42. The molecule has 0 spiro atoms. The van der Waals surface area contributed by atoms with E-state index in [-0.39, 0.29) is 24.2 Å². The molecule has 0 amide bonds. The van der Waals surface area contributed by atoms with Gasteiger partial charge in [0.1, 0.15) is 0 Å². The predicted molar refractivity (Wildman–Crippen MR) is 85.3 cm³/mol. The van der Waals surface area contributed by atoms with Crippen LogP contribution in [0.25, 0.3) is 0 Å². The first-order valence-corrected chi connectivity index (χ1v) is 8.90. The number of aliphatic hydroxyl groups excluding tert-OH is 1. The van der Waals surface area contributed by atoms with Gasteiger partial charge in [0.25, 0.3) is 0 Å². The van der Waals surface area contributed by atoms with Crippen molar-refractivity contribution < 1.29 is 18.3 Å². The normalized spacial score (nSPS) is 15.2. The quantitative estimate of drug-likeness (QED) is 0.743. The summed E-state index contributed by atoms with van der Waals surface area (Å²) in [5, 5.41) is 10.4. The first-order chi connectivity index (χ1) is 9.84. The molecule has 2 atom stereocenters. The molecule has 6 heteroatoms. The molecule has 0 radical (unpaired) electrons. The van der Waals surface area contributed by atoms with Gasteiger partial charge in [-0.3, -0.25) is 0 Å². The average molecular weight is 333 g/mol. The van der Waals surface area contributed by atoms with E-state index >= 15 is 0 Å². The molecule has 2 unspecified atom stereocenters. The number of benzene rings is 1. The third-order valence-electron chi connectivity index (χ3n) is 2.91. The largest absolute Gasteiger partial charge is 0.390 e. The van der Waals surface area contributed by atoms with Crippen molar-refractivity contribution >= 4 is 21.4 Å². The van der Waals surface area contributed by atoms with Crippen molar-refractivity contribution in [3.63, 3.8) is 0 Å². The van der Waals surface area contributed by atoms with Gasteiger partial charge in [-0.15, -0.1) is 0 Å². The number of allylic oxidation sites excluding steroid dienone is 1. The van der Waals surface area contributed by atoms with Gasteiger partial charge in [0, 0.05) is 5.02 Å². The molecule has 0 aliphatic carbocycles. The maximum atomic E-state index is 11.7. The zero-order valence-corrected chi connectivity index (χ0v) is 13.8. The minimum Gasteiger partial charge on any atom is -0.390 e. The number of hydrogen-bond donors (Lipinski definition) is 1. The van der Waals surface area contributed by atoms with Crippen LogP contribution in [0.15, 0.2) is 36.4 Å². The fourth-order valence-corrected chi connectivity index (χ4v) is 3.17. The van der Waals surface area contributed by atoms with Crippen molar-refractivity contribution in [2.75, 3.05) is 18.1 Å². The number of sulfone groups is 1. The van der Waals surface area contributed by atoms with Crippen LogP contribution in [0, 0.1) is 0 Å². The third kappa shape index (κ3) is 7.09. The molecule has 0 aliphatic rings. The van der Waals surface area contributed by atoms with Crippen LogP contribution >= 0.6 is 11.6 Å². The minimum absolute atomic E-state index is 0.0289. The zero-order valence-electron chi connectivity index (χ0n) is 12.2. The molecule has 0 bridgehead atoms. The van der Waals surface area contributed by atoms with Crippen molar-refractivity contribution in [1.82, 2.24) is 0 Å². The summed E-state index contributed by atoms with van der Waals surface area (Å²) in [6.45, 7) is 3.56. The van der Waals surface area contributed by atoms with Crippen molar-refractivity contribution in [3.05, 3.63) is 47.0 Å². The summed E-state index contributed by atoms with van der Waals surface area (Å²) in [6, 6.07) is 7.19. The van der Waals surface area contributed by atoms with Gasteiger partial charge in [0.15, 0.2) is 9.84 Å². The summed E-state index contributed by atoms with van der Waals surface area (Å²) in [6.07, 6.45) is 1.95. The number of halogens is 1. The third-order valence-corrected chi connectivity index (χ3v) is 4.76. The lowest BCUT2D eigenvalue weighted by molar-refractivity contribution is 0.00568.